The second-order valence-electron chi connectivity index (χ2n) is 6.41. The molecule has 0 aliphatic heterocycles. The molecule has 0 fully saturated rings. The summed E-state index contributed by atoms with van der Waals surface area (Å²) in [6.07, 6.45) is -1.18. The lowest BCUT2D eigenvalue weighted by molar-refractivity contribution is -0.131. The number of ether oxygens (including phenoxy) is 5. The van der Waals surface area contributed by atoms with E-state index in [1.807, 2.05) is 20.8 Å². The largest absolute Gasteiger partial charge is 0.508 e. The Morgan fingerprint density at radius 1 is 0.958 bits per heavy atom. The molecule has 138 valence electrons. The zero-order valence-electron chi connectivity index (χ0n) is 14.7. The van der Waals surface area contributed by atoms with Gasteiger partial charge in [-0.2, -0.15) is 0 Å². The monoisotopic (exact) mass is 346 g/mol. The smallest absolute Gasteiger partial charge is 0.438 e. The van der Waals surface area contributed by atoms with Crippen molar-refractivity contribution < 1.29 is 38.4 Å². The number of hydrogen-bond donors (Lipinski definition) is 1. The number of carbonyl (C=O) groups is 2. The third-order valence-electron chi connectivity index (χ3n) is 3.24. The minimum atomic E-state index is -0.924. The zero-order chi connectivity index (χ0) is 18.3. The van der Waals surface area contributed by atoms with Crippen LogP contribution < -0.4 is 0 Å². The van der Waals surface area contributed by atoms with Gasteiger partial charge < -0.3 is 28.8 Å². The number of aliphatic hydroxyl groups is 1. The first-order valence-electron chi connectivity index (χ1n) is 7.68. The maximum absolute atomic E-state index is 11.4. The Kier molecular flexibility index (Phi) is 7.50. The number of hydrogen-bond acceptors (Lipinski definition) is 8. The summed E-state index contributed by atoms with van der Waals surface area (Å²) < 4.78 is 25.0. The van der Waals surface area contributed by atoms with Gasteiger partial charge in [-0.05, 0) is 32.9 Å². The van der Waals surface area contributed by atoms with E-state index in [9.17, 15) is 14.7 Å². The van der Waals surface area contributed by atoms with Crippen molar-refractivity contribution in [2.75, 3.05) is 14.2 Å². The van der Waals surface area contributed by atoms with Crippen LogP contribution in [-0.2, 0) is 23.7 Å². The lowest BCUT2D eigenvalue weighted by Crippen LogP contribution is -2.42. The molecule has 1 N–H and O–H groups in total. The molecule has 1 rings (SSSR count). The molecule has 0 radical (unpaired) electrons. The maximum atomic E-state index is 11.4. The summed E-state index contributed by atoms with van der Waals surface area (Å²) in [7, 11) is 2.40. The Labute approximate surface area is 141 Å². The van der Waals surface area contributed by atoms with Crippen molar-refractivity contribution >= 4 is 12.3 Å². The van der Waals surface area contributed by atoms with E-state index in [2.05, 4.69) is 9.47 Å². The molecule has 8 nitrogen and oxygen atoms in total. The van der Waals surface area contributed by atoms with Crippen LogP contribution in [0.3, 0.4) is 0 Å². The van der Waals surface area contributed by atoms with Gasteiger partial charge in [-0.1, -0.05) is 0 Å². The van der Waals surface area contributed by atoms with E-state index in [4.69, 9.17) is 14.2 Å². The van der Waals surface area contributed by atoms with E-state index >= 15 is 0 Å². The molecule has 0 aromatic rings. The Hall–Kier alpha value is -1.80. The zero-order valence-corrected chi connectivity index (χ0v) is 14.7. The van der Waals surface area contributed by atoms with Crippen LogP contribution in [-0.4, -0.2) is 61.7 Å². The van der Waals surface area contributed by atoms with E-state index in [1.54, 1.807) is 12.2 Å². The van der Waals surface area contributed by atoms with Gasteiger partial charge in [0.25, 0.3) is 0 Å². The van der Waals surface area contributed by atoms with Gasteiger partial charge in [0, 0.05) is 12.8 Å². The Bertz CT molecular complexity index is 453. The van der Waals surface area contributed by atoms with Crippen LogP contribution in [0.1, 0.15) is 33.6 Å². The third-order valence-corrected chi connectivity index (χ3v) is 3.24. The topological polar surface area (TPSA) is 101 Å². The summed E-state index contributed by atoms with van der Waals surface area (Å²) >= 11 is 0. The van der Waals surface area contributed by atoms with Gasteiger partial charge in [-0.15, -0.1) is 0 Å². The molecule has 0 saturated carbocycles. The van der Waals surface area contributed by atoms with E-state index in [0.29, 0.717) is 0 Å². The van der Waals surface area contributed by atoms with E-state index in [-0.39, 0.29) is 12.8 Å². The molecule has 4 atom stereocenters. The van der Waals surface area contributed by atoms with Gasteiger partial charge in [0.1, 0.15) is 12.2 Å². The quantitative estimate of drug-likeness (QED) is 0.613. The molecule has 0 aromatic heterocycles. The van der Waals surface area contributed by atoms with Gasteiger partial charge in [0.2, 0.25) is 0 Å². The van der Waals surface area contributed by atoms with Crippen molar-refractivity contribution in [3.63, 3.8) is 0 Å². The summed E-state index contributed by atoms with van der Waals surface area (Å²) in [4.78, 5) is 22.7. The Balaban J connectivity index is 2.94. The van der Waals surface area contributed by atoms with Crippen molar-refractivity contribution in [1.82, 2.24) is 0 Å². The van der Waals surface area contributed by atoms with Gasteiger partial charge in [-0.3, -0.25) is 0 Å². The highest BCUT2D eigenvalue weighted by molar-refractivity contribution is 5.60. The number of rotatable bonds is 3. The van der Waals surface area contributed by atoms with E-state index in [1.165, 1.54) is 14.2 Å². The first-order chi connectivity index (χ1) is 11.1. The van der Waals surface area contributed by atoms with Crippen molar-refractivity contribution in [3.05, 3.63) is 12.2 Å². The number of aliphatic hydroxyl groups excluding tert-OH is 1. The average molecular weight is 346 g/mol. The fourth-order valence-electron chi connectivity index (χ4n) is 2.28. The van der Waals surface area contributed by atoms with Crippen LogP contribution in [0.4, 0.5) is 9.59 Å². The summed E-state index contributed by atoms with van der Waals surface area (Å²) in [5.41, 5.74) is -0.511. The van der Waals surface area contributed by atoms with Gasteiger partial charge in [0.05, 0.1) is 32.0 Å². The summed E-state index contributed by atoms with van der Waals surface area (Å²) in [5.74, 6) is 0. The first kappa shape index (κ1) is 20.2. The van der Waals surface area contributed by atoms with Crippen LogP contribution in [0.2, 0.25) is 0 Å². The van der Waals surface area contributed by atoms with Crippen molar-refractivity contribution in [3.8, 4) is 0 Å². The Morgan fingerprint density at radius 3 is 1.83 bits per heavy atom. The van der Waals surface area contributed by atoms with Crippen LogP contribution >= 0.6 is 0 Å². The summed E-state index contributed by atoms with van der Waals surface area (Å²) in [6, 6.07) is 0. The summed E-state index contributed by atoms with van der Waals surface area (Å²) in [6.45, 7) is 5.56. The molecule has 0 heterocycles. The predicted octanol–water partition coefficient (Wildman–Crippen LogP) is 2.18. The third kappa shape index (κ3) is 7.18. The lowest BCUT2D eigenvalue weighted by Gasteiger charge is -2.34. The fourth-order valence-corrected chi connectivity index (χ4v) is 2.28. The molecule has 4 unspecified atom stereocenters. The van der Waals surface area contributed by atoms with Gasteiger partial charge in [-0.25, -0.2) is 9.59 Å². The Morgan fingerprint density at radius 2 is 1.42 bits per heavy atom. The fraction of sp³-hybridized carbons (Fsp3) is 0.750. The predicted molar refractivity (Wildman–Crippen MR) is 83.6 cm³/mol. The van der Waals surface area contributed by atoms with Crippen molar-refractivity contribution in [1.29, 1.82) is 0 Å². The highest BCUT2D eigenvalue weighted by Gasteiger charge is 2.33. The van der Waals surface area contributed by atoms with Crippen LogP contribution in [0.25, 0.3) is 0 Å². The molecule has 0 saturated heterocycles. The molecule has 0 spiro atoms. The maximum Gasteiger partial charge on any atom is 0.508 e. The average Bonchev–Trinajstić information content (AvgIpc) is 2.48. The minimum Gasteiger partial charge on any atom is -0.438 e. The first-order valence-corrected chi connectivity index (χ1v) is 7.68. The molecule has 1 aliphatic carbocycles. The molecule has 24 heavy (non-hydrogen) atoms. The van der Waals surface area contributed by atoms with E-state index < -0.39 is 42.3 Å². The second kappa shape index (κ2) is 8.89. The van der Waals surface area contributed by atoms with Crippen LogP contribution in [0, 0.1) is 0 Å². The minimum absolute atomic E-state index is 0.136. The highest BCUT2D eigenvalue weighted by atomic mass is 16.7. The van der Waals surface area contributed by atoms with Crippen LogP contribution in [0.5, 0.6) is 0 Å². The van der Waals surface area contributed by atoms with E-state index in [0.717, 1.165) is 0 Å². The highest BCUT2D eigenvalue weighted by Crippen LogP contribution is 2.25. The lowest BCUT2D eigenvalue weighted by atomic mass is 9.96. The molecular formula is C16H26O8. The molecule has 1 aliphatic rings. The van der Waals surface area contributed by atoms with Crippen molar-refractivity contribution in [2.24, 2.45) is 0 Å². The molecular weight excluding hydrogens is 320 g/mol. The normalized spacial score (nSPS) is 28.9. The number of carbonyl (C=O) groups excluding carboxylic acids is 2. The summed E-state index contributed by atoms with van der Waals surface area (Å²) in [5, 5.41) is 10.4. The molecule has 0 aromatic carbocycles. The van der Waals surface area contributed by atoms with Gasteiger partial charge in [0.15, 0.2) is 0 Å². The van der Waals surface area contributed by atoms with Crippen molar-refractivity contribution in [2.45, 2.75) is 63.6 Å². The number of methoxy groups -OCH3 is 2. The second-order valence-corrected chi connectivity index (χ2v) is 6.41. The van der Waals surface area contributed by atoms with Crippen LogP contribution in [0.15, 0.2) is 12.2 Å². The standard InChI is InChI=1S/C16H26O8/c1-16(2,3)24-13-9-11(23-15(19)21-5)7-6-10(8-12(13)17)22-14(18)20-4/h6-7,10-13,17H,8-9H2,1-5H3/b7-6+. The molecule has 8 heteroatoms. The SMILES string of the molecule is COC(=O)OC1/C=C/C(OC(=O)OC)CC(OC(C)(C)C)C(O)C1. The molecule has 0 amide bonds. The molecule has 0 bridgehead atoms. The van der Waals surface area contributed by atoms with Gasteiger partial charge >= 0.3 is 12.3 Å².